The summed E-state index contributed by atoms with van der Waals surface area (Å²) in [5.74, 6) is -0.204. The third-order valence-corrected chi connectivity index (χ3v) is 1.55. The number of hydrogen-bond donors (Lipinski definition) is 1. The molecule has 4 heteroatoms. The number of methoxy groups -OCH3 is 1. The van der Waals surface area contributed by atoms with Gasteiger partial charge in [-0.15, -0.1) is 0 Å². The lowest BCUT2D eigenvalue weighted by Gasteiger charge is -2.06. The lowest BCUT2D eigenvalue weighted by molar-refractivity contribution is 0.0483. The monoisotopic (exact) mass is 185 g/mol. The van der Waals surface area contributed by atoms with Gasteiger partial charge in [-0.25, -0.2) is 4.39 Å². The van der Waals surface area contributed by atoms with E-state index in [0.717, 1.165) is 0 Å². The van der Waals surface area contributed by atoms with E-state index in [0.29, 0.717) is 5.69 Å². The fraction of sp³-hybridized carbons (Fsp3) is 0.333. The molecule has 72 valence electrons. The van der Waals surface area contributed by atoms with Gasteiger partial charge in [0.2, 0.25) is 0 Å². The van der Waals surface area contributed by atoms with Gasteiger partial charge >= 0.3 is 0 Å². The van der Waals surface area contributed by atoms with Crippen LogP contribution in [0.2, 0.25) is 0 Å². The molecule has 0 aliphatic rings. The molecule has 13 heavy (non-hydrogen) atoms. The Morgan fingerprint density at radius 2 is 2.23 bits per heavy atom. The Morgan fingerprint density at radius 1 is 1.46 bits per heavy atom. The van der Waals surface area contributed by atoms with Crippen molar-refractivity contribution in [2.24, 2.45) is 0 Å². The molecule has 1 N–H and O–H groups in total. The van der Waals surface area contributed by atoms with Gasteiger partial charge in [0.25, 0.3) is 0 Å². The molecule has 0 aliphatic carbocycles. The topological polar surface area (TPSA) is 30.5 Å². The molecule has 0 aliphatic heterocycles. The number of rotatable bonds is 4. The van der Waals surface area contributed by atoms with Gasteiger partial charge in [-0.3, -0.25) is 0 Å². The molecular formula is C9H12FNO2. The van der Waals surface area contributed by atoms with E-state index in [4.69, 9.17) is 4.74 Å². The molecule has 0 bridgehead atoms. The van der Waals surface area contributed by atoms with E-state index in [1.807, 2.05) is 0 Å². The molecule has 0 fully saturated rings. The van der Waals surface area contributed by atoms with Crippen molar-refractivity contribution in [3.05, 3.63) is 24.0 Å². The molecule has 1 aromatic carbocycles. The van der Waals surface area contributed by atoms with Gasteiger partial charge in [0.15, 0.2) is 18.4 Å². The third kappa shape index (κ3) is 2.59. The molecular weight excluding hydrogens is 173 g/mol. The van der Waals surface area contributed by atoms with Gasteiger partial charge in [-0.05, 0) is 12.1 Å². The lowest BCUT2D eigenvalue weighted by Crippen LogP contribution is -2.01. The average molecular weight is 185 g/mol. The summed E-state index contributed by atoms with van der Waals surface area (Å²) in [5, 5.41) is 2.82. The minimum atomic E-state index is -0.399. The molecule has 0 saturated carbocycles. The van der Waals surface area contributed by atoms with Crippen molar-refractivity contribution >= 4 is 5.69 Å². The van der Waals surface area contributed by atoms with Crippen molar-refractivity contribution in [3.63, 3.8) is 0 Å². The molecule has 0 radical (unpaired) electrons. The Bertz CT molecular complexity index is 278. The molecule has 0 heterocycles. The first-order valence-corrected chi connectivity index (χ1v) is 3.87. The zero-order chi connectivity index (χ0) is 9.68. The van der Waals surface area contributed by atoms with Crippen molar-refractivity contribution in [2.75, 3.05) is 26.3 Å². The quantitative estimate of drug-likeness (QED) is 0.726. The fourth-order valence-corrected chi connectivity index (χ4v) is 0.896. The fourth-order valence-electron chi connectivity index (χ4n) is 0.896. The van der Waals surface area contributed by atoms with Gasteiger partial charge in [-0.2, -0.15) is 0 Å². The first-order valence-electron chi connectivity index (χ1n) is 3.87. The highest BCUT2D eigenvalue weighted by Crippen LogP contribution is 2.20. The van der Waals surface area contributed by atoms with Gasteiger partial charge in [0.1, 0.15) is 0 Å². The minimum Gasteiger partial charge on any atom is -0.464 e. The summed E-state index contributed by atoms with van der Waals surface area (Å²) in [7, 11) is 3.21. The van der Waals surface area contributed by atoms with Crippen LogP contribution in [-0.2, 0) is 4.74 Å². The van der Waals surface area contributed by atoms with Gasteiger partial charge < -0.3 is 14.8 Å². The van der Waals surface area contributed by atoms with E-state index < -0.39 is 5.82 Å². The highest BCUT2D eigenvalue weighted by Gasteiger charge is 2.02. The number of ether oxygens (including phenoxy) is 2. The van der Waals surface area contributed by atoms with Crippen LogP contribution in [0.15, 0.2) is 18.2 Å². The molecule has 0 unspecified atom stereocenters. The SMILES string of the molecule is CNc1ccc(OCOC)c(F)c1. The van der Waals surface area contributed by atoms with Gasteiger partial charge in [0.05, 0.1) is 0 Å². The highest BCUT2D eigenvalue weighted by molar-refractivity contribution is 5.46. The number of anilines is 1. The maximum absolute atomic E-state index is 13.1. The molecule has 1 aromatic rings. The largest absolute Gasteiger partial charge is 0.464 e. The van der Waals surface area contributed by atoms with Crippen molar-refractivity contribution in [1.29, 1.82) is 0 Å². The average Bonchev–Trinajstić information content (AvgIpc) is 2.16. The Kier molecular flexibility index (Phi) is 3.52. The second kappa shape index (κ2) is 4.67. The van der Waals surface area contributed by atoms with E-state index in [-0.39, 0.29) is 12.5 Å². The molecule has 1 rings (SSSR count). The van der Waals surface area contributed by atoms with E-state index in [1.54, 1.807) is 19.2 Å². The summed E-state index contributed by atoms with van der Waals surface area (Å²) in [6.45, 7) is 0.0514. The predicted octanol–water partition coefficient (Wildman–Crippen LogP) is 1.85. The number of nitrogens with one attached hydrogen (secondary N) is 1. The maximum atomic E-state index is 13.1. The zero-order valence-corrected chi connectivity index (χ0v) is 7.63. The zero-order valence-electron chi connectivity index (χ0n) is 7.63. The highest BCUT2D eigenvalue weighted by atomic mass is 19.1. The van der Waals surface area contributed by atoms with E-state index in [2.05, 4.69) is 10.1 Å². The summed E-state index contributed by atoms with van der Waals surface area (Å²) < 4.78 is 22.8. The standard InChI is InChI=1S/C9H12FNO2/c1-11-7-3-4-9(8(10)5-7)13-6-12-2/h3-5,11H,6H2,1-2H3. The number of benzene rings is 1. The Labute approximate surface area is 76.5 Å². The van der Waals surface area contributed by atoms with Crippen molar-refractivity contribution in [1.82, 2.24) is 0 Å². The van der Waals surface area contributed by atoms with E-state index in [9.17, 15) is 4.39 Å². The Morgan fingerprint density at radius 3 is 2.77 bits per heavy atom. The normalized spacial score (nSPS) is 9.77. The van der Waals surface area contributed by atoms with Gasteiger partial charge in [-0.1, -0.05) is 0 Å². The smallest absolute Gasteiger partial charge is 0.188 e. The number of halogens is 1. The van der Waals surface area contributed by atoms with Crippen molar-refractivity contribution in [3.8, 4) is 5.75 Å². The van der Waals surface area contributed by atoms with E-state index >= 15 is 0 Å². The molecule has 0 atom stereocenters. The first-order chi connectivity index (χ1) is 6.27. The van der Waals surface area contributed by atoms with Crippen LogP contribution in [-0.4, -0.2) is 21.0 Å². The third-order valence-electron chi connectivity index (χ3n) is 1.55. The number of hydrogen-bond acceptors (Lipinski definition) is 3. The van der Waals surface area contributed by atoms with Crippen LogP contribution in [0.1, 0.15) is 0 Å². The minimum absolute atomic E-state index is 0.0514. The molecule has 3 nitrogen and oxygen atoms in total. The predicted molar refractivity (Wildman–Crippen MR) is 48.5 cm³/mol. The lowest BCUT2D eigenvalue weighted by atomic mass is 10.3. The van der Waals surface area contributed by atoms with Crippen molar-refractivity contribution in [2.45, 2.75) is 0 Å². The van der Waals surface area contributed by atoms with Gasteiger partial charge in [0, 0.05) is 25.9 Å². The van der Waals surface area contributed by atoms with Crippen LogP contribution < -0.4 is 10.1 Å². The second-order valence-corrected chi connectivity index (χ2v) is 2.45. The summed E-state index contributed by atoms with van der Waals surface area (Å²) in [4.78, 5) is 0. The second-order valence-electron chi connectivity index (χ2n) is 2.45. The molecule has 0 amide bonds. The first kappa shape index (κ1) is 9.80. The van der Waals surface area contributed by atoms with Crippen LogP contribution in [0, 0.1) is 5.82 Å². The van der Waals surface area contributed by atoms with E-state index in [1.165, 1.54) is 13.2 Å². The van der Waals surface area contributed by atoms with Crippen LogP contribution >= 0.6 is 0 Å². The summed E-state index contributed by atoms with van der Waals surface area (Å²) >= 11 is 0. The van der Waals surface area contributed by atoms with Crippen LogP contribution in [0.4, 0.5) is 10.1 Å². The van der Waals surface area contributed by atoms with Crippen LogP contribution in [0.25, 0.3) is 0 Å². The molecule has 0 spiro atoms. The Balaban J connectivity index is 2.73. The maximum Gasteiger partial charge on any atom is 0.188 e. The van der Waals surface area contributed by atoms with Crippen LogP contribution in [0.3, 0.4) is 0 Å². The Hall–Kier alpha value is -1.29. The van der Waals surface area contributed by atoms with Crippen molar-refractivity contribution < 1.29 is 13.9 Å². The summed E-state index contributed by atoms with van der Waals surface area (Å²) in [6, 6.07) is 4.65. The summed E-state index contributed by atoms with van der Waals surface area (Å²) in [5.41, 5.74) is 0.710. The van der Waals surface area contributed by atoms with Crippen LogP contribution in [0.5, 0.6) is 5.75 Å². The molecule has 0 aromatic heterocycles. The molecule has 0 saturated heterocycles. The summed E-state index contributed by atoms with van der Waals surface area (Å²) in [6.07, 6.45) is 0.